The molecule has 0 spiro atoms. The van der Waals surface area contributed by atoms with Gasteiger partial charge in [0.1, 0.15) is 11.3 Å². The lowest BCUT2D eigenvalue weighted by Gasteiger charge is -2.35. The van der Waals surface area contributed by atoms with Crippen LogP contribution in [-0.2, 0) is 9.59 Å². The summed E-state index contributed by atoms with van der Waals surface area (Å²) in [5.74, 6) is -1.12. The Bertz CT molecular complexity index is 672. The average Bonchev–Trinajstić information content (AvgIpc) is 2.54. The van der Waals surface area contributed by atoms with Gasteiger partial charge in [0.15, 0.2) is 0 Å². The van der Waals surface area contributed by atoms with Gasteiger partial charge >= 0.3 is 6.03 Å². The fourth-order valence-corrected chi connectivity index (χ4v) is 3.08. The second-order valence-corrected chi connectivity index (χ2v) is 5.88. The monoisotopic (exact) mass is 314 g/mol. The maximum absolute atomic E-state index is 12.6. The van der Waals surface area contributed by atoms with Gasteiger partial charge in [-0.15, -0.1) is 0 Å². The van der Waals surface area contributed by atoms with E-state index in [1.165, 1.54) is 23.1 Å². The Hall–Kier alpha value is -2.63. The summed E-state index contributed by atoms with van der Waals surface area (Å²) in [7, 11) is 0. The molecule has 2 N–H and O–H groups in total. The van der Waals surface area contributed by atoms with Gasteiger partial charge in [-0.1, -0.05) is 31.4 Å². The van der Waals surface area contributed by atoms with Gasteiger partial charge in [0.25, 0.3) is 11.8 Å². The van der Waals surface area contributed by atoms with E-state index < -0.39 is 17.8 Å². The molecule has 0 radical (unpaired) electrons. The summed E-state index contributed by atoms with van der Waals surface area (Å²) < 4.78 is 0. The maximum atomic E-state index is 12.6. The van der Waals surface area contributed by atoms with E-state index in [2.05, 4.69) is 5.32 Å². The summed E-state index contributed by atoms with van der Waals surface area (Å²) in [4.78, 5) is 37.9. The SMILES string of the molecule is O=C1NC(=O)N(C2CCCCC2)C(=O)C1=Cc1ccc(O)cc1. The number of nitrogens with one attached hydrogen (secondary N) is 1. The Morgan fingerprint density at radius 3 is 2.35 bits per heavy atom. The molecule has 4 amide bonds. The number of phenolic OH excluding ortho intramolecular Hbond substituents is 1. The number of rotatable bonds is 2. The molecule has 6 heteroatoms. The molecule has 0 unspecified atom stereocenters. The summed E-state index contributed by atoms with van der Waals surface area (Å²) in [6, 6.07) is 5.38. The second-order valence-electron chi connectivity index (χ2n) is 5.88. The van der Waals surface area contributed by atoms with E-state index in [1.54, 1.807) is 12.1 Å². The topological polar surface area (TPSA) is 86.7 Å². The highest BCUT2D eigenvalue weighted by Crippen LogP contribution is 2.26. The zero-order chi connectivity index (χ0) is 16.4. The van der Waals surface area contributed by atoms with E-state index in [0.717, 1.165) is 32.1 Å². The molecule has 1 saturated carbocycles. The first-order valence-electron chi connectivity index (χ1n) is 7.76. The molecule has 0 atom stereocenters. The minimum absolute atomic E-state index is 0.0548. The number of benzene rings is 1. The summed E-state index contributed by atoms with van der Waals surface area (Å²) in [6.07, 6.45) is 6.06. The van der Waals surface area contributed by atoms with Crippen molar-refractivity contribution in [1.82, 2.24) is 10.2 Å². The number of imide groups is 2. The molecule has 3 rings (SSSR count). The highest BCUT2D eigenvalue weighted by Gasteiger charge is 2.40. The van der Waals surface area contributed by atoms with E-state index in [4.69, 9.17) is 0 Å². The summed E-state index contributed by atoms with van der Waals surface area (Å²) in [5, 5.41) is 11.5. The van der Waals surface area contributed by atoms with Gasteiger partial charge in [-0.3, -0.25) is 19.8 Å². The Morgan fingerprint density at radius 2 is 1.70 bits per heavy atom. The minimum atomic E-state index is -0.680. The van der Waals surface area contributed by atoms with E-state index in [0.29, 0.717) is 5.56 Å². The number of barbiturate groups is 1. The molecule has 1 heterocycles. The zero-order valence-electron chi connectivity index (χ0n) is 12.6. The lowest BCUT2D eigenvalue weighted by atomic mass is 9.93. The normalized spacial score (nSPS) is 21.7. The van der Waals surface area contributed by atoms with Crippen LogP contribution in [0, 0.1) is 0 Å². The second kappa shape index (κ2) is 6.24. The van der Waals surface area contributed by atoms with Crippen LogP contribution in [0.1, 0.15) is 37.7 Å². The van der Waals surface area contributed by atoms with Crippen LogP contribution in [0.15, 0.2) is 29.8 Å². The number of carbonyl (C=O) groups excluding carboxylic acids is 3. The first-order chi connectivity index (χ1) is 11.1. The number of amides is 4. The Labute approximate surface area is 133 Å². The lowest BCUT2D eigenvalue weighted by Crippen LogP contribution is -2.58. The zero-order valence-corrected chi connectivity index (χ0v) is 12.6. The molecule has 120 valence electrons. The van der Waals surface area contributed by atoms with Crippen molar-refractivity contribution in [3.8, 4) is 5.75 Å². The Kier molecular flexibility index (Phi) is 4.14. The van der Waals surface area contributed by atoms with Crippen LogP contribution in [0.2, 0.25) is 0 Å². The molecule has 1 aliphatic carbocycles. The average molecular weight is 314 g/mol. The Balaban J connectivity index is 1.90. The molecule has 1 aromatic carbocycles. The minimum Gasteiger partial charge on any atom is -0.508 e. The predicted octanol–water partition coefficient (Wildman–Crippen LogP) is 2.19. The molecule has 2 aliphatic rings. The number of aromatic hydroxyl groups is 1. The lowest BCUT2D eigenvalue weighted by molar-refractivity contribution is -0.132. The van der Waals surface area contributed by atoms with Gasteiger partial charge in [-0.25, -0.2) is 4.79 Å². The fraction of sp³-hybridized carbons (Fsp3) is 0.353. The van der Waals surface area contributed by atoms with Crippen molar-refractivity contribution in [3.05, 3.63) is 35.4 Å². The van der Waals surface area contributed by atoms with E-state index in [-0.39, 0.29) is 17.4 Å². The number of hydrogen-bond donors (Lipinski definition) is 2. The van der Waals surface area contributed by atoms with Crippen molar-refractivity contribution in [3.63, 3.8) is 0 Å². The molecule has 1 aromatic rings. The van der Waals surface area contributed by atoms with E-state index in [9.17, 15) is 19.5 Å². The number of phenols is 1. The molecular formula is C17H18N2O4. The van der Waals surface area contributed by atoms with Crippen LogP contribution in [0.25, 0.3) is 6.08 Å². The molecule has 6 nitrogen and oxygen atoms in total. The molecule has 1 aliphatic heterocycles. The first-order valence-corrected chi connectivity index (χ1v) is 7.76. The van der Waals surface area contributed by atoms with Crippen LogP contribution in [0.5, 0.6) is 5.75 Å². The maximum Gasteiger partial charge on any atom is 0.331 e. The first kappa shape index (κ1) is 15.3. The number of nitrogens with zero attached hydrogens (tertiary/aromatic N) is 1. The molecule has 0 bridgehead atoms. The number of hydrogen-bond acceptors (Lipinski definition) is 4. The predicted molar refractivity (Wildman–Crippen MR) is 83.3 cm³/mol. The molecule has 0 aromatic heterocycles. The molecule has 1 saturated heterocycles. The van der Waals surface area contributed by atoms with Gasteiger partial charge in [0.05, 0.1) is 0 Å². The van der Waals surface area contributed by atoms with Crippen molar-refractivity contribution in [2.75, 3.05) is 0 Å². The van der Waals surface area contributed by atoms with Crippen LogP contribution in [0.4, 0.5) is 4.79 Å². The van der Waals surface area contributed by atoms with Gasteiger partial charge < -0.3 is 5.11 Å². The standard InChI is InChI=1S/C17H18N2O4/c20-13-8-6-11(7-9-13)10-14-15(21)18-17(23)19(16(14)22)12-4-2-1-3-5-12/h6-10,12,20H,1-5H2,(H,18,21,23). The van der Waals surface area contributed by atoms with Crippen LogP contribution >= 0.6 is 0 Å². The third kappa shape index (κ3) is 3.11. The Morgan fingerprint density at radius 1 is 1.04 bits per heavy atom. The molecular weight excluding hydrogens is 296 g/mol. The fourth-order valence-electron chi connectivity index (χ4n) is 3.08. The van der Waals surface area contributed by atoms with Crippen molar-refractivity contribution in [2.45, 2.75) is 38.1 Å². The van der Waals surface area contributed by atoms with Crippen molar-refractivity contribution in [1.29, 1.82) is 0 Å². The highest BCUT2D eigenvalue weighted by molar-refractivity contribution is 6.31. The van der Waals surface area contributed by atoms with Crippen LogP contribution in [-0.4, -0.2) is 33.9 Å². The van der Waals surface area contributed by atoms with Crippen LogP contribution < -0.4 is 5.32 Å². The summed E-state index contributed by atoms with van der Waals surface area (Å²) in [6.45, 7) is 0. The largest absolute Gasteiger partial charge is 0.508 e. The third-order valence-corrected chi connectivity index (χ3v) is 4.28. The van der Waals surface area contributed by atoms with Crippen molar-refractivity contribution >= 4 is 23.9 Å². The van der Waals surface area contributed by atoms with Gasteiger partial charge in [-0.05, 0) is 36.6 Å². The smallest absolute Gasteiger partial charge is 0.331 e. The molecule has 2 fully saturated rings. The number of carbonyl (C=O) groups is 3. The van der Waals surface area contributed by atoms with E-state index >= 15 is 0 Å². The van der Waals surface area contributed by atoms with Crippen LogP contribution in [0.3, 0.4) is 0 Å². The highest BCUT2D eigenvalue weighted by atomic mass is 16.3. The van der Waals surface area contributed by atoms with Gasteiger partial charge in [0.2, 0.25) is 0 Å². The van der Waals surface area contributed by atoms with E-state index in [1.807, 2.05) is 0 Å². The number of urea groups is 1. The van der Waals surface area contributed by atoms with Crippen molar-refractivity contribution in [2.24, 2.45) is 0 Å². The summed E-state index contributed by atoms with van der Waals surface area (Å²) >= 11 is 0. The van der Waals surface area contributed by atoms with Gasteiger partial charge in [0, 0.05) is 6.04 Å². The third-order valence-electron chi connectivity index (χ3n) is 4.28. The quantitative estimate of drug-likeness (QED) is 0.647. The summed E-state index contributed by atoms with van der Waals surface area (Å²) in [5.41, 5.74) is 0.556. The molecule has 23 heavy (non-hydrogen) atoms. The van der Waals surface area contributed by atoms with Crippen molar-refractivity contribution < 1.29 is 19.5 Å². The van der Waals surface area contributed by atoms with Gasteiger partial charge in [-0.2, -0.15) is 0 Å².